The molecule has 1 aromatic carbocycles. The first-order valence-electron chi connectivity index (χ1n) is 6.77. The van der Waals surface area contributed by atoms with Crippen LogP contribution < -0.4 is 10.5 Å². The highest BCUT2D eigenvalue weighted by atomic mass is 32.2. The molecule has 3 N–H and O–H groups in total. The molecular formula is C15H21FN2O2S. The van der Waals surface area contributed by atoms with Crippen LogP contribution in [0.15, 0.2) is 23.1 Å². The van der Waals surface area contributed by atoms with E-state index < -0.39 is 15.8 Å². The van der Waals surface area contributed by atoms with Gasteiger partial charge >= 0.3 is 0 Å². The molecule has 6 heteroatoms. The summed E-state index contributed by atoms with van der Waals surface area (Å²) in [6, 6.07) is 3.22. The number of rotatable bonds is 5. The van der Waals surface area contributed by atoms with E-state index in [0.717, 1.165) is 12.1 Å². The number of benzene rings is 1. The predicted molar refractivity (Wildman–Crippen MR) is 81.6 cm³/mol. The van der Waals surface area contributed by atoms with Crippen molar-refractivity contribution in [2.24, 2.45) is 11.7 Å². The van der Waals surface area contributed by atoms with Gasteiger partial charge < -0.3 is 5.73 Å². The maximum absolute atomic E-state index is 13.3. The quantitative estimate of drug-likeness (QED) is 0.815. The van der Waals surface area contributed by atoms with Gasteiger partial charge in [0.1, 0.15) is 5.82 Å². The van der Waals surface area contributed by atoms with E-state index in [1.54, 1.807) is 6.92 Å². The highest BCUT2D eigenvalue weighted by Crippen LogP contribution is 2.17. The van der Waals surface area contributed by atoms with Crippen molar-refractivity contribution in [3.05, 3.63) is 29.6 Å². The van der Waals surface area contributed by atoms with Gasteiger partial charge in [0, 0.05) is 11.6 Å². The first-order valence-corrected chi connectivity index (χ1v) is 8.25. The Hall–Kier alpha value is -1.42. The minimum Gasteiger partial charge on any atom is -0.320 e. The summed E-state index contributed by atoms with van der Waals surface area (Å²) in [5.41, 5.74) is 5.39. The van der Waals surface area contributed by atoms with E-state index in [4.69, 9.17) is 5.73 Å². The third-order valence-electron chi connectivity index (χ3n) is 2.74. The Bertz CT molecular complexity index is 645. The van der Waals surface area contributed by atoms with Crippen molar-refractivity contribution in [3.63, 3.8) is 0 Å². The molecule has 1 aromatic rings. The zero-order chi connectivity index (χ0) is 16.0. The molecule has 0 radical (unpaired) electrons. The van der Waals surface area contributed by atoms with E-state index in [-0.39, 0.29) is 23.0 Å². The largest absolute Gasteiger partial charge is 0.320 e. The van der Waals surface area contributed by atoms with Gasteiger partial charge in [0.15, 0.2) is 0 Å². The number of halogens is 1. The number of hydrogen-bond acceptors (Lipinski definition) is 3. The predicted octanol–water partition coefficient (Wildman–Crippen LogP) is 1.85. The van der Waals surface area contributed by atoms with Crippen molar-refractivity contribution in [2.45, 2.75) is 38.1 Å². The first kappa shape index (κ1) is 17.6. The van der Waals surface area contributed by atoms with Gasteiger partial charge in [-0.2, -0.15) is 0 Å². The van der Waals surface area contributed by atoms with Crippen molar-refractivity contribution in [1.29, 1.82) is 0 Å². The summed E-state index contributed by atoms with van der Waals surface area (Å²) in [5.74, 6) is 4.98. The maximum Gasteiger partial charge on any atom is 0.242 e. The van der Waals surface area contributed by atoms with Crippen LogP contribution in [0, 0.1) is 23.6 Å². The zero-order valence-corrected chi connectivity index (χ0v) is 13.3. The van der Waals surface area contributed by atoms with Crippen LogP contribution in [0.4, 0.5) is 4.39 Å². The molecule has 0 aliphatic heterocycles. The fraction of sp³-hybridized carbons (Fsp3) is 0.467. The number of nitrogens with two attached hydrogens (primary N) is 1. The molecular weight excluding hydrogens is 291 g/mol. The normalized spacial score (nSPS) is 12.9. The Morgan fingerprint density at radius 1 is 1.33 bits per heavy atom. The lowest BCUT2D eigenvalue weighted by atomic mass is 10.1. The summed E-state index contributed by atoms with van der Waals surface area (Å²) in [4.78, 5) is -0.0274. The van der Waals surface area contributed by atoms with E-state index >= 15 is 0 Å². The molecule has 0 saturated heterocycles. The SMILES string of the molecule is CC(C)CC(C)NS(=O)(=O)c1ccc(F)cc1C#CCN. The van der Waals surface area contributed by atoms with Crippen molar-refractivity contribution >= 4 is 10.0 Å². The third-order valence-corrected chi connectivity index (χ3v) is 4.39. The van der Waals surface area contributed by atoms with Gasteiger partial charge in [0.2, 0.25) is 10.0 Å². The second-order valence-electron chi connectivity index (χ2n) is 5.30. The molecule has 0 saturated carbocycles. The van der Waals surface area contributed by atoms with Gasteiger partial charge in [0.25, 0.3) is 0 Å². The molecule has 116 valence electrons. The smallest absolute Gasteiger partial charge is 0.242 e. The number of sulfonamides is 1. The highest BCUT2D eigenvalue weighted by Gasteiger charge is 2.21. The summed E-state index contributed by atoms with van der Waals surface area (Å²) >= 11 is 0. The van der Waals surface area contributed by atoms with Crippen LogP contribution in [0.2, 0.25) is 0 Å². The lowest BCUT2D eigenvalue weighted by Crippen LogP contribution is -2.34. The molecule has 0 aliphatic carbocycles. The maximum atomic E-state index is 13.3. The summed E-state index contributed by atoms with van der Waals surface area (Å²) in [6.07, 6.45) is 0.713. The molecule has 21 heavy (non-hydrogen) atoms. The number of nitrogens with one attached hydrogen (secondary N) is 1. The second-order valence-corrected chi connectivity index (χ2v) is 6.98. The Kier molecular flexibility index (Phi) is 6.34. The highest BCUT2D eigenvalue weighted by molar-refractivity contribution is 7.89. The molecule has 0 spiro atoms. The molecule has 0 fully saturated rings. The molecule has 0 amide bonds. The molecule has 1 atom stereocenters. The van der Waals surface area contributed by atoms with Gasteiger partial charge in [-0.3, -0.25) is 0 Å². The van der Waals surface area contributed by atoms with Gasteiger partial charge in [-0.1, -0.05) is 25.7 Å². The van der Waals surface area contributed by atoms with Crippen LogP contribution >= 0.6 is 0 Å². The fourth-order valence-electron chi connectivity index (χ4n) is 2.06. The summed E-state index contributed by atoms with van der Waals surface area (Å²) in [6.45, 7) is 5.90. The van der Waals surface area contributed by atoms with E-state index in [0.29, 0.717) is 12.3 Å². The lowest BCUT2D eigenvalue weighted by molar-refractivity contribution is 0.482. The van der Waals surface area contributed by atoms with E-state index in [1.165, 1.54) is 6.07 Å². The van der Waals surface area contributed by atoms with Crippen LogP contribution in [0.1, 0.15) is 32.8 Å². The Labute approximate surface area is 126 Å². The summed E-state index contributed by atoms with van der Waals surface area (Å²) in [7, 11) is -3.74. The van der Waals surface area contributed by atoms with Gasteiger partial charge in [-0.05, 0) is 37.5 Å². The summed E-state index contributed by atoms with van der Waals surface area (Å²) in [5, 5.41) is 0. The molecule has 0 aliphatic rings. The van der Waals surface area contributed by atoms with Crippen LogP contribution in [-0.2, 0) is 10.0 Å². The van der Waals surface area contributed by atoms with E-state index in [9.17, 15) is 12.8 Å². The molecule has 1 rings (SSSR count). The van der Waals surface area contributed by atoms with E-state index in [2.05, 4.69) is 16.6 Å². The van der Waals surface area contributed by atoms with Crippen LogP contribution in [-0.4, -0.2) is 21.0 Å². The lowest BCUT2D eigenvalue weighted by Gasteiger charge is -2.16. The van der Waals surface area contributed by atoms with Crippen molar-refractivity contribution < 1.29 is 12.8 Å². The fourth-order valence-corrected chi connectivity index (χ4v) is 3.46. The van der Waals surface area contributed by atoms with Crippen LogP contribution in [0.3, 0.4) is 0 Å². The average Bonchev–Trinajstić information content (AvgIpc) is 2.34. The average molecular weight is 312 g/mol. The second kappa shape index (κ2) is 7.55. The van der Waals surface area contributed by atoms with Gasteiger partial charge in [-0.25, -0.2) is 17.5 Å². The Morgan fingerprint density at radius 2 is 2.00 bits per heavy atom. The van der Waals surface area contributed by atoms with Gasteiger partial charge in [0.05, 0.1) is 11.4 Å². The van der Waals surface area contributed by atoms with E-state index in [1.807, 2.05) is 13.8 Å². The number of hydrogen-bond donors (Lipinski definition) is 2. The third kappa shape index (κ3) is 5.46. The molecule has 0 bridgehead atoms. The molecule has 0 aromatic heterocycles. The monoisotopic (exact) mass is 312 g/mol. The van der Waals surface area contributed by atoms with Crippen molar-refractivity contribution in [1.82, 2.24) is 4.72 Å². The van der Waals surface area contributed by atoms with Crippen molar-refractivity contribution in [2.75, 3.05) is 6.54 Å². The van der Waals surface area contributed by atoms with Crippen LogP contribution in [0.25, 0.3) is 0 Å². The topological polar surface area (TPSA) is 72.2 Å². The Balaban J connectivity index is 3.13. The minimum atomic E-state index is -3.74. The first-order chi connectivity index (χ1) is 9.76. The van der Waals surface area contributed by atoms with Gasteiger partial charge in [-0.15, -0.1) is 0 Å². The standard InChI is InChI=1S/C15H21FN2O2S/c1-11(2)9-12(3)18-21(19,20)15-7-6-14(16)10-13(15)5-4-8-17/h6-7,10-12,18H,8-9,17H2,1-3H3. The minimum absolute atomic E-state index is 0.0274. The van der Waals surface area contributed by atoms with Crippen LogP contribution in [0.5, 0.6) is 0 Å². The van der Waals surface area contributed by atoms with Crippen molar-refractivity contribution in [3.8, 4) is 11.8 Å². The zero-order valence-electron chi connectivity index (χ0n) is 12.5. The Morgan fingerprint density at radius 3 is 2.57 bits per heavy atom. The molecule has 0 heterocycles. The molecule has 1 unspecified atom stereocenters. The molecule has 4 nitrogen and oxygen atoms in total. The summed E-state index contributed by atoms with van der Waals surface area (Å²) < 4.78 is 40.6.